The van der Waals surface area contributed by atoms with Crippen molar-refractivity contribution in [2.24, 2.45) is 0 Å². The normalized spacial score (nSPS) is 11.8. The first-order valence-electron chi connectivity index (χ1n) is 6.26. The number of ether oxygens (including phenoxy) is 2. The predicted molar refractivity (Wildman–Crippen MR) is 79.1 cm³/mol. The van der Waals surface area contributed by atoms with E-state index in [2.05, 4.69) is 21.2 Å². The highest BCUT2D eigenvalue weighted by Gasteiger charge is 2.15. The van der Waals surface area contributed by atoms with Crippen molar-refractivity contribution in [3.8, 4) is 5.75 Å². The molecule has 1 N–H and O–H groups in total. The molecule has 5 nitrogen and oxygen atoms in total. The molecule has 0 saturated carbocycles. The van der Waals surface area contributed by atoms with Crippen LogP contribution >= 0.6 is 15.9 Å². The molecule has 0 radical (unpaired) electrons. The van der Waals surface area contributed by atoms with Crippen LogP contribution in [0.4, 0.5) is 0 Å². The second-order valence-corrected chi connectivity index (χ2v) is 5.06. The molecule has 0 aliphatic heterocycles. The number of benzene rings is 1. The Balaban J connectivity index is 2.50. The van der Waals surface area contributed by atoms with E-state index >= 15 is 0 Å². The molecule has 0 heterocycles. The van der Waals surface area contributed by atoms with Gasteiger partial charge >= 0.3 is 0 Å². The number of amides is 1. The third-order valence-corrected chi connectivity index (χ3v) is 3.21. The zero-order valence-corrected chi connectivity index (χ0v) is 13.1. The highest BCUT2D eigenvalue weighted by Crippen LogP contribution is 2.26. The second-order valence-electron chi connectivity index (χ2n) is 4.21. The van der Waals surface area contributed by atoms with Crippen molar-refractivity contribution in [3.05, 3.63) is 28.2 Å². The quantitative estimate of drug-likeness (QED) is 0.580. The summed E-state index contributed by atoms with van der Waals surface area (Å²) in [5.74, 6) is 0.336. The van der Waals surface area contributed by atoms with Gasteiger partial charge in [0.1, 0.15) is 12.0 Å². The Bertz CT molecular complexity index is 464. The molecule has 20 heavy (non-hydrogen) atoms. The summed E-state index contributed by atoms with van der Waals surface area (Å²) in [6.45, 7) is 2.82. The fourth-order valence-electron chi connectivity index (χ4n) is 1.50. The minimum Gasteiger partial charge on any atom is -0.480 e. The van der Waals surface area contributed by atoms with Crippen LogP contribution in [0.1, 0.15) is 23.7 Å². The highest BCUT2D eigenvalue weighted by atomic mass is 79.9. The molecule has 1 aromatic rings. The van der Waals surface area contributed by atoms with Crippen molar-refractivity contribution >= 4 is 28.1 Å². The zero-order chi connectivity index (χ0) is 15.0. The lowest BCUT2D eigenvalue weighted by Gasteiger charge is -2.15. The number of halogens is 1. The van der Waals surface area contributed by atoms with Crippen LogP contribution in [-0.4, -0.2) is 38.6 Å². The Kier molecular flexibility index (Phi) is 7.25. The van der Waals surface area contributed by atoms with E-state index in [4.69, 9.17) is 9.47 Å². The van der Waals surface area contributed by atoms with E-state index in [-0.39, 0.29) is 5.91 Å². The molecule has 0 saturated heterocycles. The summed E-state index contributed by atoms with van der Waals surface area (Å²) in [5, 5.41) is 2.76. The van der Waals surface area contributed by atoms with Gasteiger partial charge in [-0.1, -0.05) is 0 Å². The van der Waals surface area contributed by atoms with Gasteiger partial charge in [0.2, 0.25) is 0 Å². The van der Waals surface area contributed by atoms with Crippen LogP contribution in [0, 0.1) is 0 Å². The molecule has 1 aromatic carbocycles. The number of nitrogens with one attached hydrogen (secondary N) is 1. The second kappa shape index (κ2) is 8.71. The number of hydrogen-bond acceptors (Lipinski definition) is 4. The Morgan fingerprint density at radius 1 is 1.50 bits per heavy atom. The van der Waals surface area contributed by atoms with Gasteiger partial charge in [0.15, 0.2) is 6.10 Å². The van der Waals surface area contributed by atoms with Gasteiger partial charge in [0.25, 0.3) is 5.91 Å². The van der Waals surface area contributed by atoms with Crippen LogP contribution < -0.4 is 10.1 Å². The van der Waals surface area contributed by atoms with Crippen molar-refractivity contribution in [2.75, 3.05) is 20.3 Å². The SMILES string of the molecule is COCCCNC(=O)C(C)Oc1ccc(C=O)cc1Br. The van der Waals surface area contributed by atoms with Gasteiger partial charge in [0, 0.05) is 25.8 Å². The lowest BCUT2D eigenvalue weighted by atomic mass is 10.2. The van der Waals surface area contributed by atoms with E-state index in [1.165, 1.54) is 0 Å². The number of methoxy groups -OCH3 is 1. The average Bonchev–Trinajstić information content (AvgIpc) is 2.45. The van der Waals surface area contributed by atoms with Gasteiger partial charge < -0.3 is 14.8 Å². The van der Waals surface area contributed by atoms with Crippen molar-refractivity contribution in [2.45, 2.75) is 19.4 Å². The number of carbonyl (C=O) groups excluding carboxylic acids is 2. The van der Waals surface area contributed by atoms with E-state index in [1.54, 1.807) is 32.2 Å². The number of rotatable bonds is 8. The first kappa shape index (κ1) is 16.7. The van der Waals surface area contributed by atoms with Crippen molar-refractivity contribution in [1.82, 2.24) is 5.32 Å². The maximum absolute atomic E-state index is 11.8. The molecule has 0 aliphatic carbocycles. The minimum absolute atomic E-state index is 0.188. The Morgan fingerprint density at radius 2 is 2.25 bits per heavy atom. The summed E-state index contributed by atoms with van der Waals surface area (Å²) in [5.41, 5.74) is 0.542. The van der Waals surface area contributed by atoms with Crippen LogP contribution in [0.5, 0.6) is 5.75 Å². The Morgan fingerprint density at radius 3 is 2.85 bits per heavy atom. The first-order valence-corrected chi connectivity index (χ1v) is 7.05. The van der Waals surface area contributed by atoms with E-state index in [1.807, 2.05) is 0 Å². The standard InChI is InChI=1S/C14H18BrNO4/c1-10(14(18)16-6-3-7-19-2)20-13-5-4-11(9-17)8-12(13)15/h4-5,8-10H,3,6-7H2,1-2H3,(H,16,18). The number of aldehydes is 1. The third-order valence-electron chi connectivity index (χ3n) is 2.59. The Hall–Kier alpha value is -1.40. The molecular weight excluding hydrogens is 326 g/mol. The molecule has 0 aromatic heterocycles. The summed E-state index contributed by atoms with van der Waals surface area (Å²) >= 11 is 3.31. The molecule has 1 unspecified atom stereocenters. The minimum atomic E-state index is -0.615. The lowest BCUT2D eigenvalue weighted by Crippen LogP contribution is -2.37. The van der Waals surface area contributed by atoms with Gasteiger partial charge in [-0.05, 0) is 47.5 Å². The van der Waals surface area contributed by atoms with Crippen molar-refractivity contribution in [3.63, 3.8) is 0 Å². The molecule has 1 rings (SSSR count). The molecule has 110 valence electrons. The fraction of sp³-hybridized carbons (Fsp3) is 0.429. The highest BCUT2D eigenvalue weighted by molar-refractivity contribution is 9.10. The largest absolute Gasteiger partial charge is 0.480 e. The molecule has 0 spiro atoms. The number of hydrogen-bond donors (Lipinski definition) is 1. The van der Waals surface area contributed by atoms with Crippen LogP contribution in [0.25, 0.3) is 0 Å². The van der Waals surface area contributed by atoms with Crippen LogP contribution in [-0.2, 0) is 9.53 Å². The first-order chi connectivity index (χ1) is 9.58. The van der Waals surface area contributed by atoms with Gasteiger partial charge in [-0.3, -0.25) is 9.59 Å². The monoisotopic (exact) mass is 343 g/mol. The molecule has 0 bridgehead atoms. The maximum atomic E-state index is 11.8. The third kappa shape index (κ3) is 5.30. The summed E-state index contributed by atoms with van der Waals surface area (Å²) < 4.78 is 11.1. The molecule has 0 fully saturated rings. The summed E-state index contributed by atoms with van der Waals surface area (Å²) in [6.07, 6.45) is 0.892. The molecule has 1 amide bonds. The van der Waals surface area contributed by atoms with E-state index < -0.39 is 6.10 Å². The van der Waals surface area contributed by atoms with E-state index in [0.29, 0.717) is 28.9 Å². The van der Waals surface area contributed by atoms with Crippen LogP contribution in [0.2, 0.25) is 0 Å². The van der Waals surface area contributed by atoms with E-state index in [0.717, 1.165) is 12.7 Å². The topological polar surface area (TPSA) is 64.6 Å². The average molecular weight is 344 g/mol. The van der Waals surface area contributed by atoms with Crippen LogP contribution in [0.15, 0.2) is 22.7 Å². The molecule has 1 atom stereocenters. The molecule has 6 heteroatoms. The van der Waals surface area contributed by atoms with Crippen molar-refractivity contribution in [1.29, 1.82) is 0 Å². The lowest BCUT2D eigenvalue weighted by molar-refractivity contribution is -0.127. The number of carbonyl (C=O) groups is 2. The predicted octanol–water partition coefficient (Wildman–Crippen LogP) is 2.18. The van der Waals surface area contributed by atoms with Gasteiger partial charge in [0.05, 0.1) is 4.47 Å². The maximum Gasteiger partial charge on any atom is 0.260 e. The van der Waals surface area contributed by atoms with Crippen molar-refractivity contribution < 1.29 is 19.1 Å². The molecular formula is C14H18BrNO4. The smallest absolute Gasteiger partial charge is 0.260 e. The summed E-state index contributed by atoms with van der Waals surface area (Å²) in [4.78, 5) is 22.4. The summed E-state index contributed by atoms with van der Waals surface area (Å²) in [6, 6.07) is 4.93. The van der Waals surface area contributed by atoms with Crippen LogP contribution in [0.3, 0.4) is 0 Å². The molecule has 0 aliphatic rings. The fourth-order valence-corrected chi connectivity index (χ4v) is 1.99. The summed E-state index contributed by atoms with van der Waals surface area (Å²) in [7, 11) is 1.62. The Labute approximate surface area is 126 Å². The van der Waals surface area contributed by atoms with Gasteiger partial charge in [-0.15, -0.1) is 0 Å². The van der Waals surface area contributed by atoms with Gasteiger partial charge in [-0.25, -0.2) is 0 Å². The van der Waals surface area contributed by atoms with Gasteiger partial charge in [-0.2, -0.15) is 0 Å². The zero-order valence-electron chi connectivity index (χ0n) is 11.5. The van der Waals surface area contributed by atoms with E-state index in [9.17, 15) is 9.59 Å².